The van der Waals surface area contributed by atoms with Crippen molar-refractivity contribution in [1.82, 2.24) is 4.98 Å². The maximum atomic E-state index is 4.56. The zero-order valence-corrected chi connectivity index (χ0v) is 12.3. The number of hydrogen-bond acceptors (Lipinski definition) is 1. The first-order valence-corrected chi connectivity index (χ1v) is 6.25. The number of aromatic nitrogens is 1. The fourth-order valence-corrected chi connectivity index (χ4v) is 1.75. The van der Waals surface area contributed by atoms with Gasteiger partial charge in [0.2, 0.25) is 0 Å². The van der Waals surface area contributed by atoms with Gasteiger partial charge in [-0.25, -0.2) is 0 Å². The monoisotopic (exact) mass is 227 g/mol. The first-order valence-electron chi connectivity index (χ1n) is 6.25. The highest BCUT2D eigenvalue weighted by atomic mass is 14.6. The van der Waals surface area contributed by atoms with Crippen molar-refractivity contribution in [3.05, 3.63) is 17.8 Å². The van der Waals surface area contributed by atoms with E-state index in [-0.39, 0.29) is 10.6 Å². The molecule has 0 aliphatic rings. The zero-order valence-electron chi connectivity index (χ0n) is 12.3. The minimum Gasteiger partial charge on any atom is -0.272 e. The summed E-state index contributed by atoms with van der Waals surface area (Å²) in [5, 5.41) is 0.371. The van der Waals surface area contributed by atoms with Gasteiger partial charge < -0.3 is 0 Å². The Labute approximate surface area is 108 Å². The normalized spacial score (nSPS) is 12.4. The van der Waals surface area contributed by atoms with Crippen molar-refractivity contribution < 1.29 is 0 Å². The fourth-order valence-electron chi connectivity index (χ4n) is 1.75. The lowest BCUT2D eigenvalue weighted by Crippen LogP contribution is -2.33. The molecule has 0 fully saturated rings. The number of pyridine rings is 1. The second-order valence-corrected chi connectivity index (χ2v) is 6.99. The first-order chi connectivity index (χ1) is 7.57. The molecule has 0 aliphatic heterocycles. The Morgan fingerprint density at radius 2 is 1.47 bits per heavy atom. The fraction of sp³-hybridized carbons (Fsp3) is 0.643. The average molecular weight is 227 g/mol. The Bertz CT molecular complexity index is 386. The van der Waals surface area contributed by atoms with E-state index in [9.17, 15) is 0 Å². The Morgan fingerprint density at radius 3 is 1.88 bits per heavy atom. The second-order valence-electron chi connectivity index (χ2n) is 6.99. The second kappa shape index (κ2) is 4.88. The van der Waals surface area contributed by atoms with Crippen LogP contribution in [0.15, 0.2) is 12.3 Å². The summed E-state index contributed by atoms with van der Waals surface area (Å²) in [6, 6.07) is 2.22. The molecule has 1 heterocycles. The van der Waals surface area contributed by atoms with Crippen LogP contribution in [0.4, 0.5) is 0 Å². The van der Waals surface area contributed by atoms with Gasteiger partial charge in [0.25, 0.3) is 0 Å². The SMILES string of the molecule is Cc1cc([B]C(C)(C)C)cnc1[B]C(C)(C)C. The Morgan fingerprint density at radius 1 is 0.941 bits per heavy atom. The van der Waals surface area contributed by atoms with Crippen molar-refractivity contribution in [1.29, 1.82) is 0 Å². The highest BCUT2D eigenvalue weighted by molar-refractivity contribution is 6.58. The molecule has 2 radical (unpaired) electrons. The summed E-state index contributed by atoms with van der Waals surface area (Å²) >= 11 is 0. The maximum absolute atomic E-state index is 4.56. The lowest BCUT2D eigenvalue weighted by molar-refractivity contribution is 0.757. The van der Waals surface area contributed by atoms with Crippen LogP contribution in [0, 0.1) is 6.92 Å². The minimum absolute atomic E-state index is 0.174. The van der Waals surface area contributed by atoms with E-state index in [4.69, 9.17) is 0 Å². The average Bonchev–Trinajstić information content (AvgIpc) is 2.05. The van der Waals surface area contributed by atoms with Crippen LogP contribution in [-0.2, 0) is 0 Å². The molecule has 0 unspecified atom stereocenters. The van der Waals surface area contributed by atoms with Crippen LogP contribution in [-0.4, -0.2) is 19.5 Å². The summed E-state index contributed by atoms with van der Waals surface area (Å²) in [5.41, 5.74) is 3.56. The van der Waals surface area contributed by atoms with E-state index in [2.05, 4.69) is 74.1 Å². The molecule has 0 amide bonds. The van der Waals surface area contributed by atoms with Gasteiger partial charge >= 0.3 is 0 Å². The highest BCUT2D eigenvalue weighted by Crippen LogP contribution is 2.20. The molecule has 0 aliphatic carbocycles. The molecule has 0 aromatic carbocycles. The van der Waals surface area contributed by atoms with E-state index in [0.29, 0.717) is 0 Å². The molecule has 3 heteroatoms. The van der Waals surface area contributed by atoms with E-state index in [1.807, 2.05) is 6.20 Å². The van der Waals surface area contributed by atoms with E-state index in [0.717, 1.165) is 5.59 Å². The molecule has 0 saturated carbocycles. The van der Waals surface area contributed by atoms with E-state index in [1.165, 1.54) is 11.0 Å². The molecule has 1 rings (SSSR count). The molecular formula is C14H23B2N. The van der Waals surface area contributed by atoms with Crippen molar-refractivity contribution in [2.45, 2.75) is 59.1 Å². The molecule has 1 aromatic rings. The molecule has 90 valence electrons. The van der Waals surface area contributed by atoms with Gasteiger partial charge in [-0.2, -0.15) is 0 Å². The van der Waals surface area contributed by atoms with Crippen molar-refractivity contribution in [3.63, 3.8) is 0 Å². The van der Waals surface area contributed by atoms with E-state index in [1.54, 1.807) is 0 Å². The number of hydrogen-bond donors (Lipinski definition) is 0. The minimum atomic E-state index is 0.174. The zero-order chi connectivity index (χ0) is 13.3. The third kappa shape index (κ3) is 5.43. The number of aryl methyl sites for hydroxylation is 1. The van der Waals surface area contributed by atoms with Crippen LogP contribution in [0.3, 0.4) is 0 Å². The summed E-state index contributed by atoms with van der Waals surface area (Å²) in [6.45, 7) is 15.3. The summed E-state index contributed by atoms with van der Waals surface area (Å²) in [6.07, 6.45) is 1.97. The predicted molar refractivity (Wildman–Crippen MR) is 79.2 cm³/mol. The topological polar surface area (TPSA) is 12.9 Å². The van der Waals surface area contributed by atoms with Gasteiger partial charge in [-0.3, -0.25) is 4.98 Å². The predicted octanol–water partition coefficient (Wildman–Crippen LogP) is 2.49. The highest BCUT2D eigenvalue weighted by Gasteiger charge is 2.18. The Kier molecular flexibility index (Phi) is 4.11. The lowest BCUT2D eigenvalue weighted by Gasteiger charge is -2.19. The third-order valence-electron chi connectivity index (χ3n) is 2.31. The smallest absolute Gasteiger partial charge is 0.184 e. The third-order valence-corrected chi connectivity index (χ3v) is 2.31. The summed E-state index contributed by atoms with van der Waals surface area (Å²) in [4.78, 5) is 4.56. The molecular weight excluding hydrogens is 204 g/mol. The number of rotatable bonds is 2. The van der Waals surface area contributed by atoms with Crippen LogP contribution in [0.1, 0.15) is 47.1 Å². The Hall–Kier alpha value is -0.720. The molecule has 0 N–H and O–H groups in total. The maximum Gasteiger partial charge on any atom is 0.184 e. The van der Waals surface area contributed by atoms with Crippen molar-refractivity contribution in [2.24, 2.45) is 0 Å². The van der Waals surface area contributed by atoms with Gasteiger partial charge in [0.05, 0.1) is 0 Å². The largest absolute Gasteiger partial charge is 0.272 e. The summed E-state index contributed by atoms with van der Waals surface area (Å²) in [7, 11) is 4.48. The standard InChI is InChI=1S/C14H23B2N/c1-10-8-11(15-13(2,3)4)9-17-12(10)16-14(5,6)7/h8-9H,1-7H3. The van der Waals surface area contributed by atoms with Gasteiger partial charge in [-0.1, -0.05) is 63.7 Å². The van der Waals surface area contributed by atoms with Gasteiger partial charge in [-0.15, -0.1) is 0 Å². The van der Waals surface area contributed by atoms with Crippen molar-refractivity contribution in [2.75, 3.05) is 0 Å². The van der Waals surface area contributed by atoms with Crippen LogP contribution in [0.5, 0.6) is 0 Å². The molecule has 0 atom stereocenters. The van der Waals surface area contributed by atoms with Crippen LogP contribution < -0.4 is 11.1 Å². The summed E-state index contributed by atoms with van der Waals surface area (Å²) < 4.78 is 0. The molecule has 17 heavy (non-hydrogen) atoms. The molecule has 1 aromatic heterocycles. The molecule has 1 nitrogen and oxygen atoms in total. The quantitative estimate of drug-likeness (QED) is 0.707. The van der Waals surface area contributed by atoms with Crippen molar-refractivity contribution >= 4 is 25.6 Å². The van der Waals surface area contributed by atoms with Gasteiger partial charge in [0.1, 0.15) is 0 Å². The van der Waals surface area contributed by atoms with E-state index >= 15 is 0 Å². The van der Waals surface area contributed by atoms with Gasteiger partial charge in [-0.05, 0) is 18.1 Å². The Balaban J connectivity index is 2.87. The number of nitrogens with zero attached hydrogens (tertiary/aromatic N) is 1. The molecule has 0 bridgehead atoms. The van der Waals surface area contributed by atoms with Crippen LogP contribution in [0.25, 0.3) is 0 Å². The molecule has 0 spiro atoms. The van der Waals surface area contributed by atoms with Gasteiger partial charge in [0, 0.05) is 6.20 Å². The first kappa shape index (κ1) is 14.3. The van der Waals surface area contributed by atoms with Crippen LogP contribution in [0.2, 0.25) is 10.6 Å². The van der Waals surface area contributed by atoms with E-state index < -0.39 is 0 Å². The van der Waals surface area contributed by atoms with Crippen LogP contribution >= 0.6 is 0 Å². The van der Waals surface area contributed by atoms with Crippen molar-refractivity contribution in [3.8, 4) is 0 Å². The van der Waals surface area contributed by atoms with Gasteiger partial charge in [0.15, 0.2) is 14.6 Å². The molecule has 0 saturated heterocycles. The lowest BCUT2D eigenvalue weighted by atomic mass is 9.50. The summed E-state index contributed by atoms with van der Waals surface area (Å²) in [5.74, 6) is 0.